The fourth-order valence-corrected chi connectivity index (χ4v) is 3.46. The number of halogens is 4. The molecule has 0 aliphatic carbocycles. The van der Waals surface area contributed by atoms with E-state index in [0.29, 0.717) is 0 Å². The highest BCUT2D eigenvalue weighted by molar-refractivity contribution is 8.00. The van der Waals surface area contributed by atoms with E-state index in [1.165, 1.54) is 12.6 Å². The highest BCUT2D eigenvalue weighted by Crippen LogP contribution is 2.46. The third kappa shape index (κ3) is 4.75. The zero-order chi connectivity index (χ0) is 20.4. The number of hydroxylamine groups is 1. The second-order valence-electron chi connectivity index (χ2n) is 5.54. The standard InChI is InChI=1S/C15H16F4N2O5S/c1-25-10-3-7(4-11(12(10)26-2)27-15(17,18)19)14(23)21-6-8(16)5-9(21)13(22)20-24/h3-4,8-9,24H,5-6H2,1-2H3,(H,20,22)/t8-,9-/m1/s1. The lowest BCUT2D eigenvalue weighted by Gasteiger charge is -2.23. The van der Waals surface area contributed by atoms with Crippen LogP contribution in [0, 0.1) is 0 Å². The minimum atomic E-state index is -4.66. The van der Waals surface area contributed by atoms with E-state index in [0.717, 1.165) is 24.1 Å². The molecule has 1 aliphatic rings. The molecule has 27 heavy (non-hydrogen) atoms. The quantitative estimate of drug-likeness (QED) is 0.334. The molecular weight excluding hydrogens is 396 g/mol. The summed E-state index contributed by atoms with van der Waals surface area (Å²) in [5.41, 5.74) is -3.55. The first-order valence-corrected chi connectivity index (χ1v) is 8.33. The second-order valence-corrected chi connectivity index (χ2v) is 6.65. The van der Waals surface area contributed by atoms with Crippen molar-refractivity contribution in [3.8, 4) is 11.5 Å². The average molecular weight is 412 g/mol. The van der Waals surface area contributed by atoms with E-state index in [-0.39, 0.29) is 23.5 Å². The van der Waals surface area contributed by atoms with Gasteiger partial charge in [-0.05, 0) is 23.9 Å². The van der Waals surface area contributed by atoms with Gasteiger partial charge in [0.25, 0.3) is 11.8 Å². The topological polar surface area (TPSA) is 88.1 Å². The van der Waals surface area contributed by atoms with Gasteiger partial charge in [-0.1, -0.05) is 0 Å². The Kier molecular flexibility index (Phi) is 6.42. The van der Waals surface area contributed by atoms with Gasteiger partial charge in [0, 0.05) is 12.0 Å². The molecule has 1 aromatic carbocycles. The number of carbonyl (C=O) groups excluding carboxylic acids is 2. The van der Waals surface area contributed by atoms with E-state index < -0.39 is 52.7 Å². The van der Waals surface area contributed by atoms with E-state index >= 15 is 0 Å². The fraction of sp³-hybridized carbons (Fsp3) is 0.467. The number of rotatable bonds is 5. The summed E-state index contributed by atoms with van der Waals surface area (Å²) < 4.78 is 62.1. The molecule has 2 N–H and O–H groups in total. The minimum absolute atomic E-state index is 0.130. The zero-order valence-electron chi connectivity index (χ0n) is 14.2. The molecule has 0 unspecified atom stereocenters. The lowest BCUT2D eigenvalue weighted by Crippen LogP contribution is -2.45. The van der Waals surface area contributed by atoms with Crippen molar-refractivity contribution < 1.29 is 41.8 Å². The molecule has 2 amide bonds. The van der Waals surface area contributed by atoms with Crippen LogP contribution >= 0.6 is 11.8 Å². The van der Waals surface area contributed by atoms with Gasteiger partial charge >= 0.3 is 5.51 Å². The van der Waals surface area contributed by atoms with Crippen molar-refractivity contribution in [3.05, 3.63) is 17.7 Å². The number of amides is 2. The van der Waals surface area contributed by atoms with Gasteiger partial charge in [0.05, 0.1) is 25.7 Å². The molecule has 7 nitrogen and oxygen atoms in total. The molecule has 2 rings (SSSR count). The number of methoxy groups -OCH3 is 2. The van der Waals surface area contributed by atoms with Crippen LogP contribution in [0.2, 0.25) is 0 Å². The maximum Gasteiger partial charge on any atom is 0.446 e. The largest absolute Gasteiger partial charge is 0.493 e. The Morgan fingerprint density at radius 3 is 2.48 bits per heavy atom. The smallest absolute Gasteiger partial charge is 0.446 e. The van der Waals surface area contributed by atoms with E-state index in [4.69, 9.17) is 14.7 Å². The monoisotopic (exact) mass is 412 g/mol. The van der Waals surface area contributed by atoms with Crippen molar-refractivity contribution in [2.24, 2.45) is 0 Å². The number of hydrogen-bond acceptors (Lipinski definition) is 6. The Hall–Kier alpha value is -2.21. The van der Waals surface area contributed by atoms with Gasteiger partial charge in [-0.3, -0.25) is 14.8 Å². The molecule has 1 fully saturated rings. The molecule has 2 atom stereocenters. The van der Waals surface area contributed by atoms with Gasteiger partial charge < -0.3 is 14.4 Å². The first-order valence-electron chi connectivity index (χ1n) is 7.52. The molecular formula is C15H16F4N2O5S. The minimum Gasteiger partial charge on any atom is -0.493 e. The molecule has 1 aliphatic heterocycles. The molecule has 0 saturated carbocycles. The number of benzene rings is 1. The lowest BCUT2D eigenvalue weighted by atomic mass is 10.1. The van der Waals surface area contributed by atoms with Gasteiger partial charge in [0.2, 0.25) is 0 Å². The zero-order valence-corrected chi connectivity index (χ0v) is 15.0. The molecule has 150 valence electrons. The lowest BCUT2D eigenvalue weighted by molar-refractivity contribution is -0.133. The van der Waals surface area contributed by atoms with Crippen molar-refractivity contribution in [1.29, 1.82) is 0 Å². The van der Waals surface area contributed by atoms with Crippen LogP contribution in [0.15, 0.2) is 17.0 Å². The first-order chi connectivity index (χ1) is 12.6. The van der Waals surface area contributed by atoms with Crippen molar-refractivity contribution in [1.82, 2.24) is 10.4 Å². The average Bonchev–Trinajstić information content (AvgIpc) is 2.99. The Morgan fingerprint density at radius 1 is 1.30 bits per heavy atom. The normalized spacial score (nSPS) is 19.7. The van der Waals surface area contributed by atoms with Crippen LogP contribution in [0.4, 0.5) is 17.6 Å². The van der Waals surface area contributed by atoms with E-state index in [1.807, 2.05) is 0 Å². The third-order valence-electron chi connectivity index (χ3n) is 3.84. The van der Waals surface area contributed by atoms with Crippen molar-refractivity contribution in [3.63, 3.8) is 0 Å². The van der Waals surface area contributed by atoms with Gasteiger partial charge in [-0.2, -0.15) is 13.2 Å². The van der Waals surface area contributed by atoms with Crippen LogP contribution in [0.25, 0.3) is 0 Å². The van der Waals surface area contributed by atoms with Gasteiger partial charge in [0.1, 0.15) is 12.2 Å². The summed E-state index contributed by atoms with van der Waals surface area (Å²) in [5.74, 6) is -2.22. The van der Waals surface area contributed by atoms with Crippen LogP contribution in [-0.2, 0) is 4.79 Å². The van der Waals surface area contributed by atoms with E-state index in [1.54, 1.807) is 0 Å². The fourth-order valence-electron chi connectivity index (χ4n) is 2.75. The van der Waals surface area contributed by atoms with Crippen LogP contribution < -0.4 is 15.0 Å². The number of hydrogen-bond donors (Lipinski definition) is 2. The van der Waals surface area contributed by atoms with E-state index in [9.17, 15) is 27.2 Å². The molecule has 1 saturated heterocycles. The Labute approximate surface area is 155 Å². The highest BCUT2D eigenvalue weighted by Gasteiger charge is 2.41. The first kappa shape index (κ1) is 21.1. The van der Waals surface area contributed by atoms with Gasteiger partial charge in [0.15, 0.2) is 11.5 Å². The SMILES string of the molecule is COc1cc(C(=O)N2C[C@H](F)C[C@@H]2C(=O)NO)cc(SC(F)(F)F)c1OC. The molecule has 0 bridgehead atoms. The number of ether oxygens (including phenoxy) is 2. The Morgan fingerprint density at radius 2 is 1.96 bits per heavy atom. The maximum absolute atomic E-state index is 13.7. The molecule has 12 heteroatoms. The van der Waals surface area contributed by atoms with Crippen molar-refractivity contribution in [2.45, 2.75) is 29.0 Å². The number of alkyl halides is 4. The molecule has 1 heterocycles. The van der Waals surface area contributed by atoms with Crippen molar-refractivity contribution >= 4 is 23.6 Å². The van der Waals surface area contributed by atoms with Gasteiger partial charge in [-0.15, -0.1) is 0 Å². The van der Waals surface area contributed by atoms with Gasteiger partial charge in [-0.25, -0.2) is 9.87 Å². The van der Waals surface area contributed by atoms with E-state index in [2.05, 4.69) is 0 Å². The summed E-state index contributed by atoms with van der Waals surface area (Å²) in [4.78, 5) is 24.8. The third-order valence-corrected chi connectivity index (χ3v) is 4.60. The number of nitrogens with zero attached hydrogens (tertiary/aromatic N) is 1. The maximum atomic E-state index is 13.7. The van der Waals surface area contributed by atoms with Crippen LogP contribution in [0.3, 0.4) is 0 Å². The predicted molar refractivity (Wildman–Crippen MR) is 85.7 cm³/mol. The summed E-state index contributed by atoms with van der Waals surface area (Å²) in [6, 6.07) is 0.784. The molecule has 1 aromatic rings. The predicted octanol–water partition coefficient (Wildman–Crippen LogP) is 2.37. The second kappa shape index (κ2) is 8.21. The summed E-state index contributed by atoms with van der Waals surface area (Å²) in [7, 11) is 2.33. The number of carbonyl (C=O) groups is 2. The summed E-state index contributed by atoms with van der Waals surface area (Å²) in [6.07, 6.45) is -1.85. The summed E-state index contributed by atoms with van der Waals surface area (Å²) >= 11 is -0.501. The molecule has 0 aromatic heterocycles. The van der Waals surface area contributed by atoms with Crippen LogP contribution in [0.5, 0.6) is 11.5 Å². The number of thioether (sulfide) groups is 1. The Bertz CT molecular complexity index is 731. The number of nitrogens with one attached hydrogen (secondary N) is 1. The summed E-state index contributed by atoms with van der Waals surface area (Å²) in [5, 5.41) is 8.75. The summed E-state index contributed by atoms with van der Waals surface area (Å²) in [6.45, 7) is -0.437. The highest BCUT2D eigenvalue weighted by atomic mass is 32.2. The molecule has 0 radical (unpaired) electrons. The Balaban J connectivity index is 2.46. The number of likely N-dealkylation sites (tertiary alicyclic amines) is 1. The molecule has 0 spiro atoms. The van der Waals surface area contributed by atoms with Crippen LogP contribution in [0.1, 0.15) is 16.8 Å². The van der Waals surface area contributed by atoms with Crippen LogP contribution in [-0.4, -0.2) is 60.4 Å². The van der Waals surface area contributed by atoms with Crippen molar-refractivity contribution in [2.75, 3.05) is 20.8 Å².